The van der Waals surface area contributed by atoms with Crippen LogP contribution in [0, 0.1) is 10.1 Å². The van der Waals surface area contributed by atoms with Gasteiger partial charge in [-0.15, -0.1) is 0 Å². The largest absolute Gasteiger partial charge is 0.383 e. The summed E-state index contributed by atoms with van der Waals surface area (Å²) in [6.07, 6.45) is 8.10. The number of nitrogens with zero attached hydrogens (tertiary/aromatic N) is 4. The standard InChI is InChI=1S/C19H20N4O3.C2H6.CH4/c1-5-8-17-20-18(14-9-7-10-15(13-14)23(25)26)19(22(17)6-2)16(24)11-12-21(3)4;1-2;/h5-13H,2H2,1,3-4H3;1-2H3;1H4/b8-5-,12-11+;;. The molecule has 0 spiro atoms. The molecule has 156 valence electrons. The number of rotatable bonds is 7. The minimum atomic E-state index is -0.478. The zero-order valence-electron chi connectivity index (χ0n) is 16.9. The summed E-state index contributed by atoms with van der Waals surface area (Å²) in [5, 5.41) is 11.1. The average molecular weight is 399 g/mol. The number of ketones is 1. The molecule has 1 aromatic carbocycles. The fourth-order valence-electron chi connectivity index (χ4n) is 2.40. The van der Waals surface area contributed by atoms with Gasteiger partial charge in [-0.3, -0.25) is 19.5 Å². The molecule has 7 nitrogen and oxygen atoms in total. The Balaban J connectivity index is 0.00000253. The van der Waals surface area contributed by atoms with E-state index in [1.807, 2.05) is 20.8 Å². The van der Waals surface area contributed by atoms with Gasteiger partial charge in [0.05, 0.1) is 4.92 Å². The molecule has 0 fully saturated rings. The zero-order valence-corrected chi connectivity index (χ0v) is 16.9. The lowest BCUT2D eigenvalue weighted by atomic mass is 10.1. The predicted octanol–water partition coefficient (Wildman–Crippen LogP) is 5.51. The highest BCUT2D eigenvalue weighted by molar-refractivity contribution is 6.08. The van der Waals surface area contributed by atoms with Crippen molar-refractivity contribution < 1.29 is 9.72 Å². The molecule has 1 aromatic heterocycles. The van der Waals surface area contributed by atoms with E-state index in [0.29, 0.717) is 22.8 Å². The van der Waals surface area contributed by atoms with Crippen molar-refractivity contribution in [2.75, 3.05) is 14.1 Å². The Bertz CT molecular complexity index is 909. The van der Waals surface area contributed by atoms with Crippen LogP contribution in [0.3, 0.4) is 0 Å². The van der Waals surface area contributed by atoms with Crippen LogP contribution in [-0.4, -0.2) is 39.3 Å². The van der Waals surface area contributed by atoms with Crippen LogP contribution in [0.15, 0.2) is 49.2 Å². The molecule has 0 N–H and O–H groups in total. The Labute approximate surface area is 172 Å². The molecule has 29 heavy (non-hydrogen) atoms. The van der Waals surface area contributed by atoms with E-state index in [9.17, 15) is 14.9 Å². The monoisotopic (exact) mass is 398 g/mol. The van der Waals surface area contributed by atoms with Crippen LogP contribution >= 0.6 is 0 Å². The molecule has 2 aromatic rings. The summed E-state index contributed by atoms with van der Waals surface area (Å²) >= 11 is 0. The molecule has 0 radical (unpaired) electrons. The third-order valence-corrected chi connectivity index (χ3v) is 3.52. The highest BCUT2D eigenvalue weighted by atomic mass is 16.6. The number of nitro benzene ring substituents is 1. The number of hydrogen-bond acceptors (Lipinski definition) is 5. The Morgan fingerprint density at radius 1 is 1.31 bits per heavy atom. The van der Waals surface area contributed by atoms with Crippen molar-refractivity contribution in [3.63, 3.8) is 0 Å². The maximum Gasteiger partial charge on any atom is 0.270 e. The number of aromatic nitrogens is 2. The summed E-state index contributed by atoms with van der Waals surface area (Å²) in [6, 6.07) is 6.06. The van der Waals surface area contributed by atoms with Crippen molar-refractivity contribution in [2.45, 2.75) is 28.2 Å². The van der Waals surface area contributed by atoms with Gasteiger partial charge in [0.15, 0.2) is 0 Å². The summed E-state index contributed by atoms with van der Waals surface area (Å²) in [6.45, 7) is 9.59. The van der Waals surface area contributed by atoms with Gasteiger partial charge in [-0.1, -0.05) is 46.1 Å². The number of benzene rings is 1. The Morgan fingerprint density at radius 3 is 2.48 bits per heavy atom. The van der Waals surface area contributed by atoms with Gasteiger partial charge >= 0.3 is 0 Å². The second kappa shape index (κ2) is 12.1. The van der Waals surface area contributed by atoms with Crippen LogP contribution in [0.25, 0.3) is 23.5 Å². The lowest BCUT2D eigenvalue weighted by Gasteiger charge is -2.06. The number of carbonyl (C=O) groups is 1. The molecule has 0 atom stereocenters. The first kappa shape index (κ1) is 25.5. The first-order chi connectivity index (χ1) is 13.4. The molecular weight excluding hydrogens is 368 g/mol. The average Bonchev–Trinajstić information content (AvgIpc) is 3.06. The van der Waals surface area contributed by atoms with Crippen molar-refractivity contribution in [2.24, 2.45) is 0 Å². The van der Waals surface area contributed by atoms with E-state index < -0.39 is 4.92 Å². The summed E-state index contributed by atoms with van der Waals surface area (Å²) < 4.78 is 1.58. The normalized spacial score (nSPS) is 10.2. The van der Waals surface area contributed by atoms with Crippen molar-refractivity contribution >= 4 is 23.7 Å². The molecule has 1 heterocycles. The van der Waals surface area contributed by atoms with E-state index in [4.69, 9.17) is 0 Å². The lowest BCUT2D eigenvalue weighted by Crippen LogP contribution is -2.07. The van der Waals surface area contributed by atoms with E-state index in [2.05, 4.69) is 11.6 Å². The van der Waals surface area contributed by atoms with E-state index in [1.54, 1.807) is 54.0 Å². The number of carbonyl (C=O) groups excluding carboxylic acids is 1. The van der Waals surface area contributed by atoms with Crippen molar-refractivity contribution in [1.82, 2.24) is 14.5 Å². The summed E-state index contributed by atoms with van der Waals surface area (Å²) in [7, 11) is 3.61. The van der Waals surface area contributed by atoms with E-state index in [1.165, 1.54) is 24.4 Å². The van der Waals surface area contributed by atoms with E-state index >= 15 is 0 Å². The van der Waals surface area contributed by atoms with E-state index in [-0.39, 0.29) is 18.9 Å². The van der Waals surface area contributed by atoms with Gasteiger partial charge in [0.1, 0.15) is 17.2 Å². The Morgan fingerprint density at radius 2 is 1.97 bits per heavy atom. The van der Waals surface area contributed by atoms with E-state index in [0.717, 1.165) is 0 Å². The van der Waals surface area contributed by atoms with Gasteiger partial charge in [-0.2, -0.15) is 0 Å². The van der Waals surface area contributed by atoms with Gasteiger partial charge in [0, 0.05) is 50.3 Å². The molecule has 0 aliphatic carbocycles. The van der Waals surface area contributed by atoms with Crippen LogP contribution in [0.2, 0.25) is 0 Å². The molecule has 0 saturated carbocycles. The smallest absolute Gasteiger partial charge is 0.270 e. The molecule has 2 rings (SSSR count). The molecule has 0 bridgehead atoms. The van der Waals surface area contributed by atoms with Crippen LogP contribution in [0.1, 0.15) is 44.5 Å². The van der Waals surface area contributed by atoms with Crippen LogP contribution in [0.5, 0.6) is 0 Å². The topological polar surface area (TPSA) is 81.3 Å². The number of hydrogen-bond donors (Lipinski definition) is 0. The first-order valence-corrected chi connectivity index (χ1v) is 8.90. The predicted molar refractivity (Wildman–Crippen MR) is 121 cm³/mol. The Kier molecular flexibility index (Phi) is 10.6. The van der Waals surface area contributed by atoms with Crippen LogP contribution in [0.4, 0.5) is 5.69 Å². The number of allylic oxidation sites excluding steroid dienone is 2. The molecular formula is C22H30N4O3. The summed E-state index contributed by atoms with van der Waals surface area (Å²) in [5.41, 5.74) is 1.10. The molecule has 0 amide bonds. The third kappa shape index (κ3) is 6.27. The number of nitro groups is 1. The Hall–Kier alpha value is -3.48. The number of non-ortho nitro benzene ring substituents is 1. The summed E-state index contributed by atoms with van der Waals surface area (Å²) in [5.74, 6) is 0.244. The molecule has 0 aliphatic rings. The highest BCUT2D eigenvalue weighted by Gasteiger charge is 2.22. The van der Waals surface area contributed by atoms with Gasteiger partial charge in [-0.05, 0) is 13.0 Å². The maximum atomic E-state index is 12.8. The van der Waals surface area contributed by atoms with Crippen molar-refractivity contribution in [3.05, 3.63) is 70.8 Å². The minimum absolute atomic E-state index is 0. The van der Waals surface area contributed by atoms with Crippen LogP contribution < -0.4 is 0 Å². The highest BCUT2D eigenvalue weighted by Crippen LogP contribution is 2.28. The van der Waals surface area contributed by atoms with Crippen LogP contribution in [-0.2, 0) is 0 Å². The zero-order chi connectivity index (χ0) is 21.3. The van der Waals surface area contributed by atoms with Crippen molar-refractivity contribution in [3.8, 4) is 11.3 Å². The van der Waals surface area contributed by atoms with Gasteiger partial charge in [0.25, 0.3) is 5.69 Å². The fourth-order valence-corrected chi connectivity index (χ4v) is 2.40. The molecule has 0 saturated heterocycles. The van der Waals surface area contributed by atoms with Gasteiger partial charge in [-0.25, -0.2) is 4.98 Å². The fraction of sp³-hybridized carbons (Fsp3) is 0.273. The quantitative estimate of drug-likeness (QED) is 0.266. The van der Waals surface area contributed by atoms with Gasteiger partial charge in [0.2, 0.25) is 5.78 Å². The second-order valence-electron chi connectivity index (χ2n) is 5.67. The molecule has 0 aliphatic heterocycles. The summed E-state index contributed by atoms with van der Waals surface area (Å²) in [4.78, 5) is 29.6. The molecule has 7 heteroatoms. The second-order valence-corrected chi connectivity index (χ2v) is 5.67. The first-order valence-electron chi connectivity index (χ1n) is 8.90. The lowest BCUT2D eigenvalue weighted by molar-refractivity contribution is -0.384. The maximum absolute atomic E-state index is 12.8. The minimum Gasteiger partial charge on any atom is -0.383 e. The van der Waals surface area contributed by atoms with Gasteiger partial charge < -0.3 is 4.90 Å². The van der Waals surface area contributed by atoms with Crippen molar-refractivity contribution in [1.29, 1.82) is 0 Å². The third-order valence-electron chi connectivity index (χ3n) is 3.52. The molecule has 0 unspecified atom stereocenters. The SMILES string of the molecule is C.C=Cn1c(/C=C\C)nc(-c2cccc([N+](=O)[O-])c2)c1C(=O)/C=C/N(C)C.CC. The number of imidazole rings is 1.